The third-order valence-electron chi connectivity index (χ3n) is 9.88. The molecule has 0 saturated heterocycles. The van der Waals surface area contributed by atoms with Crippen molar-refractivity contribution in [2.45, 2.75) is 244 Å². The molecule has 0 saturated carbocycles. The van der Waals surface area contributed by atoms with Crippen LogP contribution in [0.15, 0.2) is 12.2 Å². The second kappa shape index (κ2) is 37.9. The molecule has 0 aromatic rings. The lowest BCUT2D eigenvalue weighted by Gasteiger charge is -2.23. The number of aliphatic hydroxyl groups excluding tert-OH is 3. The van der Waals surface area contributed by atoms with Gasteiger partial charge in [0.05, 0.1) is 18.8 Å². The van der Waals surface area contributed by atoms with E-state index in [1.165, 1.54) is 167 Å². The number of unbranched alkanes of at least 4 members (excludes halogenated alkanes) is 28. The van der Waals surface area contributed by atoms with Gasteiger partial charge in [-0.15, -0.1) is 0 Å². The number of hydrogen-bond acceptors (Lipinski definition) is 4. The molecule has 0 aliphatic carbocycles. The molecule has 1 amide bonds. The number of amides is 1. The van der Waals surface area contributed by atoms with Gasteiger partial charge in [-0.05, 0) is 38.5 Å². The molecule has 0 aliphatic heterocycles. The van der Waals surface area contributed by atoms with Crippen molar-refractivity contribution in [1.29, 1.82) is 0 Å². The summed E-state index contributed by atoms with van der Waals surface area (Å²) in [6, 6.07) is -0.710. The van der Waals surface area contributed by atoms with Crippen LogP contribution in [0.1, 0.15) is 226 Å². The molecule has 0 rings (SSSR count). The van der Waals surface area contributed by atoms with Crippen molar-refractivity contribution in [2.24, 2.45) is 0 Å². The molecule has 3 unspecified atom stereocenters. The van der Waals surface area contributed by atoms with Crippen LogP contribution in [-0.4, -0.2) is 46.1 Å². The largest absolute Gasteiger partial charge is 0.394 e. The summed E-state index contributed by atoms with van der Waals surface area (Å²) in [4.78, 5) is 12.4. The lowest BCUT2D eigenvalue weighted by Crippen LogP contribution is -2.49. The Morgan fingerprint density at radius 1 is 0.489 bits per heavy atom. The van der Waals surface area contributed by atoms with Gasteiger partial charge >= 0.3 is 0 Å². The van der Waals surface area contributed by atoms with Crippen LogP contribution in [0.3, 0.4) is 0 Å². The maximum absolute atomic E-state index is 12.4. The fourth-order valence-corrected chi connectivity index (χ4v) is 6.54. The van der Waals surface area contributed by atoms with Crippen molar-refractivity contribution in [3.63, 3.8) is 0 Å². The van der Waals surface area contributed by atoms with Crippen LogP contribution in [-0.2, 0) is 4.79 Å². The van der Waals surface area contributed by atoms with Crippen LogP contribution in [0.4, 0.5) is 0 Å². The summed E-state index contributed by atoms with van der Waals surface area (Å²) in [6.07, 6.45) is 43.5. The third kappa shape index (κ3) is 33.4. The van der Waals surface area contributed by atoms with E-state index in [2.05, 4.69) is 31.3 Å². The topological polar surface area (TPSA) is 89.8 Å². The molecular formula is C42H83NO4. The smallest absolute Gasteiger partial charge is 0.249 e. The number of aliphatic hydroxyl groups is 3. The molecule has 0 spiro atoms. The Morgan fingerprint density at radius 2 is 0.809 bits per heavy atom. The first-order chi connectivity index (χ1) is 23.1. The minimum Gasteiger partial charge on any atom is -0.394 e. The van der Waals surface area contributed by atoms with Crippen LogP contribution in [0.2, 0.25) is 0 Å². The van der Waals surface area contributed by atoms with Gasteiger partial charge in [0.15, 0.2) is 0 Å². The summed E-state index contributed by atoms with van der Waals surface area (Å²) in [7, 11) is 0. The summed E-state index contributed by atoms with van der Waals surface area (Å²) in [5.41, 5.74) is 0. The number of hydrogen-bond donors (Lipinski definition) is 4. The highest BCUT2D eigenvalue weighted by atomic mass is 16.3. The average Bonchev–Trinajstić information content (AvgIpc) is 3.07. The fraction of sp³-hybridized carbons (Fsp3) is 0.929. The number of carbonyl (C=O) groups is 1. The van der Waals surface area contributed by atoms with Crippen molar-refractivity contribution >= 4 is 5.91 Å². The third-order valence-corrected chi connectivity index (χ3v) is 9.88. The van der Waals surface area contributed by atoms with E-state index >= 15 is 0 Å². The predicted octanol–water partition coefficient (Wildman–Crippen LogP) is 11.7. The predicted molar refractivity (Wildman–Crippen MR) is 204 cm³/mol. The van der Waals surface area contributed by atoms with Gasteiger partial charge in [-0.25, -0.2) is 0 Å². The van der Waals surface area contributed by atoms with E-state index in [9.17, 15) is 20.1 Å². The summed E-state index contributed by atoms with van der Waals surface area (Å²) in [5, 5.41) is 33.2. The van der Waals surface area contributed by atoms with Gasteiger partial charge in [-0.1, -0.05) is 199 Å². The molecule has 0 heterocycles. The highest BCUT2D eigenvalue weighted by Gasteiger charge is 2.23. The Hall–Kier alpha value is -0.910. The minimum absolute atomic E-state index is 0.313. The fourth-order valence-electron chi connectivity index (χ4n) is 6.54. The van der Waals surface area contributed by atoms with Gasteiger partial charge in [0, 0.05) is 0 Å². The average molecular weight is 666 g/mol. The summed E-state index contributed by atoms with van der Waals surface area (Å²) in [5.74, 6) is -0.474. The Labute approximate surface area is 293 Å². The SMILES string of the molecule is CCCCCCCCCCCC/C=C\CCCCCCCCC(O)C(=O)NC(CO)C(O)CCCCCCCCCCCCCCC. The molecule has 280 valence electrons. The van der Waals surface area contributed by atoms with E-state index in [4.69, 9.17) is 0 Å². The second-order valence-electron chi connectivity index (χ2n) is 14.6. The van der Waals surface area contributed by atoms with E-state index in [1.807, 2.05) is 0 Å². The lowest BCUT2D eigenvalue weighted by atomic mass is 10.0. The summed E-state index contributed by atoms with van der Waals surface area (Å²) >= 11 is 0. The van der Waals surface area contributed by atoms with Crippen molar-refractivity contribution in [3.05, 3.63) is 12.2 Å². The van der Waals surface area contributed by atoms with E-state index in [-0.39, 0.29) is 6.61 Å². The number of allylic oxidation sites excluding steroid dienone is 2. The zero-order valence-electron chi connectivity index (χ0n) is 31.7. The van der Waals surface area contributed by atoms with Crippen LogP contribution in [0.25, 0.3) is 0 Å². The van der Waals surface area contributed by atoms with E-state index in [1.54, 1.807) is 0 Å². The Balaban J connectivity index is 3.63. The van der Waals surface area contributed by atoms with Gasteiger partial charge in [0.2, 0.25) is 5.91 Å². The molecule has 0 aromatic heterocycles. The molecule has 5 nitrogen and oxygen atoms in total. The zero-order valence-corrected chi connectivity index (χ0v) is 31.7. The first-order valence-electron chi connectivity index (χ1n) is 21.0. The van der Waals surface area contributed by atoms with Gasteiger partial charge in [0.1, 0.15) is 6.10 Å². The standard InChI is InChI=1S/C42H83NO4/c1-3-5-7-9-11-13-15-17-18-19-20-21-22-23-25-27-29-31-33-35-37-41(46)42(47)43-39(38-44)40(45)36-34-32-30-28-26-24-16-14-12-10-8-6-4-2/h21-22,39-41,44-46H,3-20,23-38H2,1-2H3,(H,43,47)/b22-21-. The van der Waals surface area contributed by atoms with Crippen LogP contribution < -0.4 is 5.32 Å². The Kier molecular flexibility index (Phi) is 37.2. The monoisotopic (exact) mass is 666 g/mol. The van der Waals surface area contributed by atoms with Crippen LogP contribution in [0.5, 0.6) is 0 Å². The van der Waals surface area contributed by atoms with Crippen LogP contribution >= 0.6 is 0 Å². The first-order valence-corrected chi connectivity index (χ1v) is 21.0. The first kappa shape index (κ1) is 46.1. The molecular weight excluding hydrogens is 582 g/mol. The molecule has 0 fully saturated rings. The molecule has 0 aromatic carbocycles. The van der Waals surface area contributed by atoms with Crippen molar-refractivity contribution in [3.8, 4) is 0 Å². The second-order valence-corrected chi connectivity index (χ2v) is 14.6. The molecule has 0 radical (unpaired) electrons. The number of carbonyl (C=O) groups excluding carboxylic acids is 1. The van der Waals surface area contributed by atoms with E-state index in [0.29, 0.717) is 12.8 Å². The van der Waals surface area contributed by atoms with Gasteiger partial charge in [-0.2, -0.15) is 0 Å². The lowest BCUT2D eigenvalue weighted by molar-refractivity contribution is -0.131. The maximum Gasteiger partial charge on any atom is 0.249 e. The van der Waals surface area contributed by atoms with E-state index < -0.39 is 24.2 Å². The number of nitrogens with one attached hydrogen (secondary N) is 1. The zero-order chi connectivity index (χ0) is 34.5. The van der Waals surface area contributed by atoms with E-state index in [0.717, 1.165) is 32.1 Å². The normalized spacial score (nSPS) is 13.7. The Morgan fingerprint density at radius 3 is 1.17 bits per heavy atom. The highest BCUT2D eigenvalue weighted by Crippen LogP contribution is 2.16. The maximum atomic E-state index is 12.4. The van der Waals surface area contributed by atoms with Crippen molar-refractivity contribution < 1.29 is 20.1 Å². The molecule has 3 atom stereocenters. The number of rotatable bonds is 38. The molecule has 5 heteroatoms. The van der Waals surface area contributed by atoms with Gasteiger partial charge < -0.3 is 20.6 Å². The molecule has 4 N–H and O–H groups in total. The quantitative estimate of drug-likeness (QED) is 0.0390. The molecule has 0 aliphatic rings. The van der Waals surface area contributed by atoms with Crippen molar-refractivity contribution in [1.82, 2.24) is 5.32 Å². The summed E-state index contributed by atoms with van der Waals surface area (Å²) in [6.45, 7) is 4.23. The molecule has 47 heavy (non-hydrogen) atoms. The van der Waals surface area contributed by atoms with Crippen molar-refractivity contribution in [2.75, 3.05) is 6.61 Å². The van der Waals surface area contributed by atoms with Gasteiger partial charge in [0.25, 0.3) is 0 Å². The Bertz CT molecular complexity index is 655. The highest BCUT2D eigenvalue weighted by molar-refractivity contribution is 5.80. The van der Waals surface area contributed by atoms with Gasteiger partial charge in [-0.3, -0.25) is 4.79 Å². The summed E-state index contributed by atoms with van der Waals surface area (Å²) < 4.78 is 0. The molecule has 0 bridgehead atoms. The minimum atomic E-state index is -1.08. The van der Waals surface area contributed by atoms with Crippen LogP contribution in [0, 0.1) is 0 Å².